The zero-order valence-corrected chi connectivity index (χ0v) is 12.3. The molecule has 0 spiro atoms. The number of esters is 1. The summed E-state index contributed by atoms with van der Waals surface area (Å²) >= 11 is 0. The summed E-state index contributed by atoms with van der Waals surface area (Å²) in [5.41, 5.74) is 8.22. The summed E-state index contributed by atoms with van der Waals surface area (Å²) in [5.74, 6) is -0.453. The van der Waals surface area contributed by atoms with Gasteiger partial charge in [0, 0.05) is 22.9 Å². The van der Waals surface area contributed by atoms with Crippen molar-refractivity contribution in [3.8, 4) is 0 Å². The van der Waals surface area contributed by atoms with Gasteiger partial charge in [0.2, 0.25) is 0 Å². The number of carbonyl (C=O) groups is 2. The molecule has 2 aromatic carbocycles. The molecule has 22 heavy (non-hydrogen) atoms. The lowest BCUT2D eigenvalue weighted by Gasteiger charge is -2.02. The summed E-state index contributed by atoms with van der Waals surface area (Å²) < 4.78 is 4.80. The van der Waals surface area contributed by atoms with Gasteiger partial charge in [0.15, 0.2) is 5.78 Å². The second kappa shape index (κ2) is 7.22. The number of nitrogen functional groups attached to an aromatic ring is 1. The number of hydrogen-bond donors (Lipinski definition) is 1. The lowest BCUT2D eigenvalue weighted by Crippen LogP contribution is -2.01. The molecule has 0 saturated carbocycles. The van der Waals surface area contributed by atoms with E-state index in [2.05, 4.69) is 0 Å². The van der Waals surface area contributed by atoms with Crippen molar-refractivity contribution in [2.75, 3.05) is 12.3 Å². The highest BCUT2D eigenvalue weighted by Gasteiger charge is 2.08. The molecule has 0 aromatic heterocycles. The first kappa shape index (κ1) is 15.5. The highest BCUT2D eigenvalue weighted by atomic mass is 16.5. The van der Waals surface area contributed by atoms with Crippen molar-refractivity contribution in [1.29, 1.82) is 0 Å². The molecule has 0 aliphatic rings. The van der Waals surface area contributed by atoms with Gasteiger partial charge in [-0.2, -0.15) is 0 Å². The van der Waals surface area contributed by atoms with E-state index in [1.165, 1.54) is 6.08 Å². The topological polar surface area (TPSA) is 69.4 Å². The first-order chi connectivity index (χ1) is 10.6. The Balaban J connectivity index is 2.10. The number of benzene rings is 2. The number of nitrogens with two attached hydrogens (primary N) is 1. The third-order valence-corrected chi connectivity index (χ3v) is 3.04. The quantitative estimate of drug-likeness (QED) is 0.398. The number of ether oxygens (including phenoxy) is 1. The summed E-state index contributed by atoms with van der Waals surface area (Å²) in [4.78, 5) is 23.5. The van der Waals surface area contributed by atoms with Crippen LogP contribution in [-0.2, 0) is 9.53 Å². The third kappa shape index (κ3) is 4.06. The number of ketones is 1. The third-order valence-electron chi connectivity index (χ3n) is 3.04. The van der Waals surface area contributed by atoms with Gasteiger partial charge in [0.1, 0.15) is 0 Å². The molecule has 0 radical (unpaired) electrons. The van der Waals surface area contributed by atoms with Crippen LogP contribution in [0.3, 0.4) is 0 Å². The smallest absolute Gasteiger partial charge is 0.330 e. The van der Waals surface area contributed by atoms with Gasteiger partial charge in [0.05, 0.1) is 6.61 Å². The fraction of sp³-hybridized carbons (Fsp3) is 0.111. The number of hydrogen-bond acceptors (Lipinski definition) is 4. The van der Waals surface area contributed by atoms with E-state index in [4.69, 9.17) is 10.5 Å². The molecule has 0 aliphatic heterocycles. The van der Waals surface area contributed by atoms with E-state index in [0.29, 0.717) is 23.4 Å². The molecule has 0 atom stereocenters. The lowest BCUT2D eigenvalue weighted by atomic mass is 10.0. The Bertz CT molecular complexity index is 685. The van der Waals surface area contributed by atoms with E-state index in [1.807, 2.05) is 0 Å². The van der Waals surface area contributed by atoms with Crippen molar-refractivity contribution >= 4 is 23.5 Å². The van der Waals surface area contributed by atoms with Gasteiger partial charge in [0.25, 0.3) is 0 Å². The first-order valence-corrected chi connectivity index (χ1v) is 6.95. The maximum Gasteiger partial charge on any atom is 0.330 e. The summed E-state index contributed by atoms with van der Waals surface area (Å²) in [6.07, 6.45) is 3.01. The minimum Gasteiger partial charge on any atom is -0.463 e. The highest BCUT2D eigenvalue weighted by Crippen LogP contribution is 2.13. The van der Waals surface area contributed by atoms with Crippen molar-refractivity contribution in [3.05, 3.63) is 71.3 Å². The molecule has 112 valence electrons. The number of carbonyl (C=O) groups excluding carboxylic acids is 2. The largest absolute Gasteiger partial charge is 0.463 e. The van der Waals surface area contributed by atoms with Gasteiger partial charge >= 0.3 is 5.97 Å². The summed E-state index contributed by atoms with van der Waals surface area (Å²) in [6, 6.07) is 13.8. The normalized spacial score (nSPS) is 10.6. The highest BCUT2D eigenvalue weighted by molar-refractivity contribution is 6.09. The van der Waals surface area contributed by atoms with E-state index in [9.17, 15) is 9.59 Å². The number of anilines is 1. The molecule has 2 rings (SSSR count). The van der Waals surface area contributed by atoms with Crippen molar-refractivity contribution < 1.29 is 14.3 Å². The fourth-order valence-corrected chi connectivity index (χ4v) is 1.90. The molecule has 0 aliphatic carbocycles. The van der Waals surface area contributed by atoms with Crippen molar-refractivity contribution in [3.63, 3.8) is 0 Å². The standard InChI is InChI=1S/C18H17NO3/c1-2-22-17(20)12-5-13-3-6-14(7-4-13)18(21)15-8-10-16(19)11-9-15/h3-12H,2,19H2,1H3/b12-5+. The van der Waals surface area contributed by atoms with Crippen molar-refractivity contribution in [2.45, 2.75) is 6.92 Å². The van der Waals surface area contributed by atoms with E-state index < -0.39 is 0 Å². The number of rotatable bonds is 5. The predicted octanol–water partition coefficient (Wildman–Crippen LogP) is 3.08. The molecule has 0 heterocycles. The molecule has 4 nitrogen and oxygen atoms in total. The summed E-state index contributed by atoms with van der Waals surface area (Å²) in [5, 5.41) is 0. The Morgan fingerprint density at radius 1 is 1.00 bits per heavy atom. The van der Waals surface area contributed by atoms with Gasteiger partial charge in [-0.1, -0.05) is 24.3 Å². The molecule has 0 saturated heterocycles. The first-order valence-electron chi connectivity index (χ1n) is 6.95. The van der Waals surface area contributed by atoms with E-state index in [1.54, 1.807) is 61.5 Å². The SMILES string of the molecule is CCOC(=O)/C=C/c1ccc(C(=O)c2ccc(N)cc2)cc1. The fourth-order valence-electron chi connectivity index (χ4n) is 1.90. The van der Waals surface area contributed by atoms with Crippen LogP contribution in [0.1, 0.15) is 28.4 Å². The summed E-state index contributed by atoms with van der Waals surface area (Å²) in [6.45, 7) is 2.10. The van der Waals surface area contributed by atoms with Crippen LogP contribution >= 0.6 is 0 Å². The maximum atomic E-state index is 12.3. The Morgan fingerprint density at radius 3 is 2.09 bits per heavy atom. The van der Waals surface area contributed by atoms with E-state index in [-0.39, 0.29) is 11.8 Å². The molecule has 2 aromatic rings. The van der Waals surface area contributed by atoms with Crippen LogP contribution in [0.15, 0.2) is 54.6 Å². The molecule has 4 heteroatoms. The second-order valence-electron chi connectivity index (χ2n) is 4.66. The van der Waals surface area contributed by atoms with Gasteiger partial charge in [-0.25, -0.2) is 4.79 Å². The molecular weight excluding hydrogens is 278 g/mol. The van der Waals surface area contributed by atoms with Crippen LogP contribution in [0.4, 0.5) is 5.69 Å². The lowest BCUT2D eigenvalue weighted by molar-refractivity contribution is -0.137. The van der Waals surface area contributed by atoms with Crippen molar-refractivity contribution in [2.24, 2.45) is 0 Å². The van der Waals surface area contributed by atoms with E-state index >= 15 is 0 Å². The van der Waals surface area contributed by atoms with Crippen LogP contribution in [0.5, 0.6) is 0 Å². The average molecular weight is 295 g/mol. The molecular formula is C18H17NO3. The van der Waals surface area contributed by atoms with Gasteiger partial charge in [-0.15, -0.1) is 0 Å². The van der Waals surface area contributed by atoms with Crippen molar-refractivity contribution in [1.82, 2.24) is 0 Å². The Kier molecular flexibility index (Phi) is 5.09. The minimum atomic E-state index is -0.385. The molecule has 2 N–H and O–H groups in total. The maximum absolute atomic E-state index is 12.3. The average Bonchev–Trinajstić information content (AvgIpc) is 2.54. The van der Waals surface area contributed by atoms with Crippen LogP contribution < -0.4 is 5.73 Å². The van der Waals surface area contributed by atoms with Crippen LogP contribution in [0.2, 0.25) is 0 Å². The second-order valence-corrected chi connectivity index (χ2v) is 4.66. The van der Waals surface area contributed by atoms with Gasteiger partial charge < -0.3 is 10.5 Å². The van der Waals surface area contributed by atoms with Crippen LogP contribution in [0.25, 0.3) is 6.08 Å². The van der Waals surface area contributed by atoms with Crippen LogP contribution in [-0.4, -0.2) is 18.4 Å². The summed E-state index contributed by atoms with van der Waals surface area (Å²) in [7, 11) is 0. The molecule has 0 amide bonds. The van der Waals surface area contributed by atoms with Gasteiger partial charge in [-0.05, 0) is 42.8 Å². The molecule has 0 fully saturated rings. The molecule has 0 unspecified atom stereocenters. The molecule has 0 bridgehead atoms. The van der Waals surface area contributed by atoms with Crippen LogP contribution in [0, 0.1) is 0 Å². The Hall–Kier alpha value is -2.88. The zero-order chi connectivity index (χ0) is 15.9. The predicted molar refractivity (Wildman–Crippen MR) is 86.4 cm³/mol. The Labute approximate surface area is 129 Å². The van der Waals surface area contributed by atoms with E-state index in [0.717, 1.165) is 5.56 Å². The van der Waals surface area contributed by atoms with Gasteiger partial charge in [-0.3, -0.25) is 4.79 Å². The monoisotopic (exact) mass is 295 g/mol. The zero-order valence-electron chi connectivity index (χ0n) is 12.3. The minimum absolute atomic E-state index is 0.0686. The Morgan fingerprint density at radius 2 is 1.55 bits per heavy atom.